The van der Waals surface area contributed by atoms with E-state index < -0.39 is 5.60 Å². The first-order valence-corrected chi connectivity index (χ1v) is 5.51. The first-order chi connectivity index (χ1) is 7.44. The first kappa shape index (κ1) is 11.0. The number of hydrogen-bond donors (Lipinski definition) is 1. The lowest BCUT2D eigenvalue weighted by molar-refractivity contribution is 0.0533. The summed E-state index contributed by atoms with van der Waals surface area (Å²) in [6.45, 7) is 6.08. The van der Waals surface area contributed by atoms with Crippen LogP contribution in [-0.2, 0) is 4.74 Å². The van der Waals surface area contributed by atoms with Crippen molar-refractivity contribution in [3.63, 3.8) is 0 Å². The second kappa shape index (κ2) is 3.81. The minimum Gasteiger partial charge on any atom is -0.444 e. The highest BCUT2D eigenvalue weighted by molar-refractivity contribution is 5.68. The van der Waals surface area contributed by atoms with Gasteiger partial charge < -0.3 is 10.1 Å². The first-order valence-electron chi connectivity index (χ1n) is 5.51. The van der Waals surface area contributed by atoms with Crippen molar-refractivity contribution in [1.82, 2.24) is 5.32 Å². The van der Waals surface area contributed by atoms with Crippen LogP contribution in [0.4, 0.5) is 4.79 Å². The Labute approximate surface area is 95.9 Å². The number of rotatable bonds is 2. The molecule has 0 aliphatic heterocycles. The largest absolute Gasteiger partial charge is 0.444 e. The van der Waals surface area contributed by atoms with E-state index >= 15 is 0 Å². The summed E-state index contributed by atoms with van der Waals surface area (Å²) in [6, 6.07) is 0. The van der Waals surface area contributed by atoms with Crippen LogP contribution in [-0.4, -0.2) is 18.2 Å². The van der Waals surface area contributed by atoms with Gasteiger partial charge in [0.25, 0.3) is 0 Å². The highest BCUT2D eigenvalue weighted by Crippen LogP contribution is 2.35. The molecule has 1 amide bonds. The van der Waals surface area contributed by atoms with Crippen molar-refractivity contribution in [1.29, 1.82) is 0 Å². The number of alkyl carbamates (subject to hydrolysis) is 1. The summed E-state index contributed by atoms with van der Waals surface area (Å²) in [5, 5.41) is 2.74. The minimum absolute atomic E-state index is 0.367. The van der Waals surface area contributed by atoms with Crippen LogP contribution in [0.3, 0.4) is 0 Å². The van der Waals surface area contributed by atoms with Gasteiger partial charge in [-0.25, -0.2) is 4.79 Å². The maximum absolute atomic E-state index is 11.4. The van der Waals surface area contributed by atoms with Crippen molar-refractivity contribution in [2.24, 2.45) is 5.92 Å². The third kappa shape index (κ3) is 2.99. The molecule has 86 valence electrons. The molecule has 0 unspecified atom stereocenters. The van der Waals surface area contributed by atoms with E-state index in [0.29, 0.717) is 12.5 Å². The molecule has 1 N–H and O–H groups in total. The SMILES string of the molecule is CC(C)(C)OC(=O)NCC1=CC2=C[C@@H]2C=C1. The van der Waals surface area contributed by atoms with Crippen LogP contribution in [0, 0.1) is 5.92 Å². The molecule has 0 heterocycles. The Hall–Kier alpha value is -1.51. The number of hydrogen-bond acceptors (Lipinski definition) is 2. The predicted molar refractivity (Wildman–Crippen MR) is 63.0 cm³/mol. The topological polar surface area (TPSA) is 38.3 Å². The molecule has 0 saturated carbocycles. The van der Waals surface area contributed by atoms with Crippen molar-refractivity contribution in [3.8, 4) is 0 Å². The quantitative estimate of drug-likeness (QED) is 0.775. The van der Waals surface area contributed by atoms with Crippen molar-refractivity contribution >= 4 is 6.09 Å². The van der Waals surface area contributed by atoms with Gasteiger partial charge in [-0.3, -0.25) is 0 Å². The van der Waals surface area contributed by atoms with E-state index in [4.69, 9.17) is 4.74 Å². The average molecular weight is 219 g/mol. The summed E-state index contributed by atoms with van der Waals surface area (Å²) in [7, 11) is 0. The Balaban J connectivity index is 1.77. The van der Waals surface area contributed by atoms with Gasteiger partial charge in [0.05, 0.1) is 0 Å². The molecule has 16 heavy (non-hydrogen) atoms. The highest BCUT2D eigenvalue weighted by Gasteiger charge is 2.23. The Morgan fingerprint density at radius 2 is 2.25 bits per heavy atom. The van der Waals surface area contributed by atoms with Crippen LogP contribution < -0.4 is 5.32 Å². The van der Waals surface area contributed by atoms with Crippen molar-refractivity contribution in [2.45, 2.75) is 26.4 Å². The molecule has 0 radical (unpaired) electrons. The molecule has 3 nitrogen and oxygen atoms in total. The molecule has 0 saturated heterocycles. The fourth-order valence-corrected chi connectivity index (χ4v) is 1.56. The van der Waals surface area contributed by atoms with Crippen molar-refractivity contribution in [3.05, 3.63) is 35.5 Å². The van der Waals surface area contributed by atoms with Gasteiger partial charge in [0.1, 0.15) is 5.60 Å². The summed E-state index contributed by atoms with van der Waals surface area (Å²) in [5.74, 6) is 0.560. The van der Waals surface area contributed by atoms with Crippen LogP contribution in [0.2, 0.25) is 0 Å². The molecular weight excluding hydrogens is 202 g/mol. The van der Waals surface area contributed by atoms with Gasteiger partial charge in [-0.1, -0.05) is 24.3 Å². The Morgan fingerprint density at radius 1 is 1.50 bits per heavy atom. The number of ether oxygens (including phenoxy) is 1. The summed E-state index contributed by atoms with van der Waals surface area (Å²) >= 11 is 0. The number of carbonyl (C=O) groups is 1. The van der Waals surface area contributed by atoms with Gasteiger partial charge in [-0.2, -0.15) is 0 Å². The monoisotopic (exact) mass is 219 g/mol. The zero-order valence-electron chi connectivity index (χ0n) is 9.91. The Kier molecular flexibility index (Phi) is 2.62. The number of carbonyl (C=O) groups excluding carboxylic acids is 1. The fourth-order valence-electron chi connectivity index (χ4n) is 1.56. The smallest absolute Gasteiger partial charge is 0.407 e. The Bertz CT molecular complexity index is 397. The zero-order chi connectivity index (χ0) is 11.8. The fraction of sp³-hybridized carbons (Fsp3) is 0.462. The lowest BCUT2D eigenvalue weighted by Crippen LogP contribution is -2.33. The molecule has 0 bridgehead atoms. The van der Waals surface area contributed by atoms with Gasteiger partial charge in [0.2, 0.25) is 0 Å². The van der Waals surface area contributed by atoms with Crippen LogP contribution in [0.1, 0.15) is 20.8 Å². The molecule has 0 spiro atoms. The number of fused-ring (bicyclic) bond motifs is 1. The molecule has 0 aromatic rings. The molecule has 2 aliphatic carbocycles. The van der Waals surface area contributed by atoms with Gasteiger partial charge in [-0.05, 0) is 31.9 Å². The van der Waals surface area contributed by atoms with E-state index in [-0.39, 0.29) is 6.09 Å². The third-order valence-corrected chi connectivity index (χ3v) is 2.35. The minimum atomic E-state index is -0.439. The van der Waals surface area contributed by atoms with Gasteiger partial charge in [-0.15, -0.1) is 0 Å². The molecular formula is C13H17NO2. The lowest BCUT2D eigenvalue weighted by atomic mass is 10.1. The van der Waals surface area contributed by atoms with Crippen molar-refractivity contribution < 1.29 is 9.53 Å². The van der Waals surface area contributed by atoms with E-state index in [1.54, 1.807) is 0 Å². The standard InChI is InChI=1S/C13H17NO2/c1-13(2,3)16-12(15)14-8-9-4-5-10-7-11(10)6-9/h4-7,10H,8H2,1-3H3,(H,14,15)/t10-/m0/s1. The second-order valence-electron chi connectivity index (χ2n) is 5.13. The van der Waals surface area contributed by atoms with E-state index in [9.17, 15) is 4.79 Å². The highest BCUT2D eigenvalue weighted by atomic mass is 16.6. The molecule has 1 atom stereocenters. The maximum Gasteiger partial charge on any atom is 0.407 e. The molecule has 0 aromatic carbocycles. The zero-order valence-corrected chi connectivity index (χ0v) is 9.91. The Morgan fingerprint density at radius 3 is 2.88 bits per heavy atom. The summed E-state index contributed by atoms with van der Waals surface area (Å²) in [5.41, 5.74) is 2.03. The van der Waals surface area contributed by atoms with Crippen LogP contribution >= 0.6 is 0 Å². The lowest BCUT2D eigenvalue weighted by Gasteiger charge is -2.20. The van der Waals surface area contributed by atoms with Gasteiger partial charge >= 0.3 is 6.09 Å². The molecule has 0 aromatic heterocycles. The molecule has 3 heteroatoms. The number of nitrogens with one attached hydrogen (secondary N) is 1. The summed E-state index contributed by atoms with van der Waals surface area (Å²) < 4.78 is 5.15. The van der Waals surface area contributed by atoms with Crippen molar-refractivity contribution in [2.75, 3.05) is 6.54 Å². The van der Waals surface area contributed by atoms with E-state index in [2.05, 4.69) is 29.6 Å². The number of allylic oxidation sites excluding steroid dienone is 4. The molecule has 0 fully saturated rings. The predicted octanol–water partition coefficient (Wildman–Crippen LogP) is 2.56. The van der Waals surface area contributed by atoms with E-state index in [1.165, 1.54) is 5.57 Å². The second-order valence-corrected chi connectivity index (χ2v) is 5.13. The van der Waals surface area contributed by atoms with Crippen LogP contribution in [0.15, 0.2) is 35.5 Å². The van der Waals surface area contributed by atoms with Gasteiger partial charge in [0.15, 0.2) is 0 Å². The van der Waals surface area contributed by atoms with Crippen LogP contribution in [0.25, 0.3) is 0 Å². The summed E-state index contributed by atoms with van der Waals surface area (Å²) in [6.07, 6.45) is 8.13. The average Bonchev–Trinajstić information content (AvgIpc) is 2.89. The van der Waals surface area contributed by atoms with E-state index in [0.717, 1.165) is 5.57 Å². The normalized spacial score (nSPS) is 21.8. The molecule has 2 aliphatic rings. The van der Waals surface area contributed by atoms with Gasteiger partial charge in [0, 0.05) is 12.5 Å². The van der Waals surface area contributed by atoms with E-state index in [1.807, 2.05) is 20.8 Å². The number of amides is 1. The molecule has 2 rings (SSSR count). The van der Waals surface area contributed by atoms with Crippen LogP contribution in [0.5, 0.6) is 0 Å². The maximum atomic E-state index is 11.4. The summed E-state index contributed by atoms with van der Waals surface area (Å²) in [4.78, 5) is 11.4. The third-order valence-electron chi connectivity index (χ3n) is 2.35.